The second-order valence-electron chi connectivity index (χ2n) is 6.76. The lowest BCUT2D eigenvalue weighted by molar-refractivity contribution is -0.140. The number of aryl methyl sites for hydroxylation is 1. The van der Waals surface area contributed by atoms with Gasteiger partial charge in [-0.2, -0.15) is 0 Å². The predicted octanol–water partition coefficient (Wildman–Crippen LogP) is 1.88. The molecule has 1 saturated carbocycles. The highest BCUT2D eigenvalue weighted by Crippen LogP contribution is 2.52. The Balaban J connectivity index is 1.37. The molecular formula is C18H19N3O3. The molecule has 1 saturated heterocycles. The number of nitrogens with one attached hydrogen (secondary N) is 2. The van der Waals surface area contributed by atoms with Crippen LogP contribution >= 0.6 is 0 Å². The predicted molar refractivity (Wildman–Crippen MR) is 87.8 cm³/mol. The molecule has 124 valence electrons. The summed E-state index contributed by atoms with van der Waals surface area (Å²) in [5.74, 6) is -0.399. The Labute approximate surface area is 139 Å². The van der Waals surface area contributed by atoms with Crippen LogP contribution in [-0.2, 0) is 9.59 Å². The van der Waals surface area contributed by atoms with E-state index in [1.165, 1.54) is 4.90 Å². The summed E-state index contributed by atoms with van der Waals surface area (Å²) in [6.07, 6.45) is 5.01. The summed E-state index contributed by atoms with van der Waals surface area (Å²) in [5, 5.41) is 5.31. The van der Waals surface area contributed by atoms with E-state index < -0.39 is 6.03 Å². The number of benzene rings is 1. The third kappa shape index (κ3) is 2.29. The first kappa shape index (κ1) is 14.9. The van der Waals surface area contributed by atoms with Gasteiger partial charge in [-0.1, -0.05) is 24.3 Å². The normalized spacial score (nSPS) is 30.0. The second kappa shape index (κ2) is 5.47. The summed E-state index contributed by atoms with van der Waals surface area (Å²) in [6, 6.07) is 6.99. The number of fused-ring (bicyclic) bond motifs is 5. The molecule has 3 aliphatic rings. The molecule has 0 aromatic heterocycles. The summed E-state index contributed by atoms with van der Waals surface area (Å²) in [6.45, 7) is 1.85. The van der Waals surface area contributed by atoms with Crippen molar-refractivity contribution in [3.63, 3.8) is 0 Å². The molecule has 0 spiro atoms. The molecule has 4 atom stereocenters. The number of rotatable bonds is 3. The number of anilines is 1. The van der Waals surface area contributed by atoms with Crippen LogP contribution in [0.5, 0.6) is 0 Å². The summed E-state index contributed by atoms with van der Waals surface area (Å²) in [7, 11) is 0. The number of nitrogens with zero attached hydrogens (tertiary/aromatic N) is 1. The molecule has 4 unspecified atom stereocenters. The average molecular weight is 325 g/mol. The molecule has 24 heavy (non-hydrogen) atoms. The number of allylic oxidation sites excluding steroid dienone is 2. The van der Waals surface area contributed by atoms with Gasteiger partial charge in [0.15, 0.2) is 0 Å². The van der Waals surface area contributed by atoms with Gasteiger partial charge < -0.3 is 10.6 Å². The van der Waals surface area contributed by atoms with Gasteiger partial charge in [-0.05, 0) is 42.9 Å². The molecule has 2 bridgehead atoms. The van der Waals surface area contributed by atoms with Crippen LogP contribution in [0.1, 0.15) is 12.0 Å². The zero-order valence-electron chi connectivity index (χ0n) is 13.4. The molecule has 2 fully saturated rings. The highest BCUT2D eigenvalue weighted by molar-refractivity contribution is 6.06. The van der Waals surface area contributed by atoms with Gasteiger partial charge in [0.1, 0.15) is 6.67 Å². The summed E-state index contributed by atoms with van der Waals surface area (Å²) >= 11 is 0. The second-order valence-corrected chi connectivity index (χ2v) is 6.76. The zero-order valence-corrected chi connectivity index (χ0v) is 13.4. The monoisotopic (exact) mass is 325 g/mol. The summed E-state index contributed by atoms with van der Waals surface area (Å²) in [5.41, 5.74) is 1.71. The highest BCUT2D eigenvalue weighted by atomic mass is 16.2. The van der Waals surface area contributed by atoms with Crippen LogP contribution in [0.4, 0.5) is 10.5 Å². The minimum Gasteiger partial charge on any atom is -0.320 e. The topological polar surface area (TPSA) is 78.5 Å². The number of likely N-dealkylation sites (tertiary alicyclic amines) is 1. The molecule has 1 heterocycles. The van der Waals surface area contributed by atoms with Crippen molar-refractivity contribution in [2.45, 2.75) is 13.3 Å². The van der Waals surface area contributed by atoms with Crippen molar-refractivity contribution in [3.8, 4) is 0 Å². The maximum atomic E-state index is 12.5. The van der Waals surface area contributed by atoms with Gasteiger partial charge in [-0.15, -0.1) is 0 Å². The van der Waals surface area contributed by atoms with Gasteiger partial charge in [-0.25, -0.2) is 4.79 Å². The van der Waals surface area contributed by atoms with E-state index in [1.54, 1.807) is 6.07 Å². The van der Waals surface area contributed by atoms with E-state index in [1.807, 2.05) is 25.1 Å². The molecule has 1 aliphatic heterocycles. The van der Waals surface area contributed by atoms with Crippen LogP contribution in [0, 0.1) is 30.6 Å². The van der Waals surface area contributed by atoms with Gasteiger partial charge >= 0.3 is 6.03 Å². The quantitative estimate of drug-likeness (QED) is 0.658. The highest BCUT2D eigenvalue weighted by Gasteiger charge is 2.59. The van der Waals surface area contributed by atoms with Crippen molar-refractivity contribution >= 4 is 23.5 Å². The van der Waals surface area contributed by atoms with Crippen LogP contribution in [0.3, 0.4) is 0 Å². The van der Waals surface area contributed by atoms with Gasteiger partial charge in [0.2, 0.25) is 11.8 Å². The van der Waals surface area contributed by atoms with E-state index in [0.29, 0.717) is 5.69 Å². The van der Waals surface area contributed by atoms with Crippen LogP contribution in [-0.4, -0.2) is 29.4 Å². The first-order chi connectivity index (χ1) is 11.5. The van der Waals surface area contributed by atoms with E-state index in [-0.39, 0.29) is 42.2 Å². The lowest BCUT2D eigenvalue weighted by Crippen LogP contribution is -2.43. The third-order valence-electron chi connectivity index (χ3n) is 5.24. The van der Waals surface area contributed by atoms with Crippen LogP contribution in [0.25, 0.3) is 0 Å². The lowest BCUT2D eigenvalue weighted by Gasteiger charge is -2.18. The van der Waals surface area contributed by atoms with Crippen LogP contribution in [0.2, 0.25) is 0 Å². The fourth-order valence-corrected chi connectivity index (χ4v) is 4.17. The van der Waals surface area contributed by atoms with E-state index in [9.17, 15) is 14.4 Å². The standard InChI is InChI=1S/C18H19N3O3/c1-10-3-2-4-13(7-10)20-18(24)19-9-21-16(22)14-11-5-6-12(8-11)15(14)17(21)23/h2-7,11-12,14-15H,8-9H2,1H3,(H2,19,20,24). The smallest absolute Gasteiger partial charge is 0.320 e. The fourth-order valence-electron chi connectivity index (χ4n) is 4.17. The molecule has 2 N–H and O–H groups in total. The van der Waals surface area contributed by atoms with E-state index in [2.05, 4.69) is 22.8 Å². The first-order valence-electron chi connectivity index (χ1n) is 8.19. The Morgan fingerprint density at radius 2 is 1.83 bits per heavy atom. The van der Waals surface area contributed by atoms with Crippen molar-refractivity contribution < 1.29 is 14.4 Å². The third-order valence-corrected chi connectivity index (χ3v) is 5.24. The van der Waals surface area contributed by atoms with Crippen molar-refractivity contribution in [1.82, 2.24) is 10.2 Å². The molecular weight excluding hydrogens is 306 g/mol. The minimum absolute atomic E-state index is 0.0816. The first-order valence-corrected chi connectivity index (χ1v) is 8.19. The van der Waals surface area contributed by atoms with Crippen LogP contribution in [0.15, 0.2) is 36.4 Å². The summed E-state index contributed by atoms with van der Waals surface area (Å²) in [4.78, 5) is 38.2. The Bertz CT molecular complexity index is 728. The maximum Gasteiger partial charge on any atom is 0.320 e. The van der Waals surface area contributed by atoms with Crippen molar-refractivity contribution in [2.24, 2.45) is 23.7 Å². The van der Waals surface area contributed by atoms with Crippen molar-refractivity contribution in [3.05, 3.63) is 42.0 Å². The Kier molecular flexibility index (Phi) is 3.40. The van der Waals surface area contributed by atoms with Crippen molar-refractivity contribution in [1.29, 1.82) is 0 Å². The van der Waals surface area contributed by atoms with Gasteiger partial charge in [0, 0.05) is 5.69 Å². The number of carbonyl (C=O) groups excluding carboxylic acids is 3. The molecule has 6 heteroatoms. The van der Waals surface area contributed by atoms with Gasteiger partial charge in [0.25, 0.3) is 0 Å². The molecule has 4 amide bonds. The fraction of sp³-hybridized carbons (Fsp3) is 0.389. The Morgan fingerprint density at radius 1 is 1.17 bits per heavy atom. The molecule has 1 aromatic carbocycles. The number of hydrogen-bond acceptors (Lipinski definition) is 3. The SMILES string of the molecule is Cc1cccc(NC(=O)NCN2C(=O)C3C4C=CC(C4)C3C2=O)c1. The number of hydrogen-bond donors (Lipinski definition) is 2. The van der Waals surface area contributed by atoms with Gasteiger partial charge in [-0.3, -0.25) is 14.5 Å². The molecule has 1 aromatic rings. The molecule has 6 nitrogen and oxygen atoms in total. The Morgan fingerprint density at radius 3 is 2.46 bits per heavy atom. The molecule has 2 aliphatic carbocycles. The molecule has 0 radical (unpaired) electrons. The minimum atomic E-state index is -0.431. The average Bonchev–Trinajstić information content (AvgIpc) is 3.20. The summed E-state index contributed by atoms with van der Waals surface area (Å²) < 4.78 is 0. The van der Waals surface area contributed by atoms with E-state index in [0.717, 1.165) is 12.0 Å². The zero-order chi connectivity index (χ0) is 16.8. The van der Waals surface area contributed by atoms with Crippen LogP contribution < -0.4 is 10.6 Å². The lowest BCUT2D eigenvalue weighted by atomic mass is 9.85. The maximum absolute atomic E-state index is 12.5. The Hall–Kier alpha value is -2.63. The van der Waals surface area contributed by atoms with Crippen molar-refractivity contribution in [2.75, 3.05) is 12.0 Å². The number of carbonyl (C=O) groups is 3. The van der Waals surface area contributed by atoms with E-state index in [4.69, 9.17) is 0 Å². The van der Waals surface area contributed by atoms with E-state index >= 15 is 0 Å². The number of imide groups is 1. The largest absolute Gasteiger partial charge is 0.320 e. The van der Waals surface area contributed by atoms with Gasteiger partial charge in [0.05, 0.1) is 11.8 Å². The number of amides is 4. The number of urea groups is 1. The molecule has 4 rings (SSSR count).